The number of aromatic nitrogens is 4. The van der Waals surface area contributed by atoms with Crippen molar-refractivity contribution in [2.45, 2.75) is 20.0 Å². The van der Waals surface area contributed by atoms with E-state index >= 15 is 0 Å². The normalized spacial score (nSPS) is 10.3. The molecule has 3 rings (SSSR count). The Balaban J connectivity index is 1.50. The van der Waals surface area contributed by atoms with Crippen LogP contribution in [0.1, 0.15) is 11.1 Å². The lowest BCUT2D eigenvalue weighted by Gasteiger charge is -2.06. The summed E-state index contributed by atoms with van der Waals surface area (Å²) >= 11 is 0. The van der Waals surface area contributed by atoms with Gasteiger partial charge in [0.1, 0.15) is 6.54 Å². The van der Waals surface area contributed by atoms with Crippen LogP contribution in [0, 0.1) is 6.92 Å². The average Bonchev–Trinajstić information content (AvgIpc) is 3.09. The predicted molar refractivity (Wildman–Crippen MR) is 94.8 cm³/mol. The van der Waals surface area contributed by atoms with Crippen molar-refractivity contribution in [1.82, 2.24) is 30.8 Å². The zero-order valence-corrected chi connectivity index (χ0v) is 14.2. The van der Waals surface area contributed by atoms with Crippen molar-refractivity contribution in [2.24, 2.45) is 0 Å². The molecular formula is C18H18N6O2. The van der Waals surface area contributed by atoms with E-state index in [-0.39, 0.29) is 6.54 Å². The predicted octanol–water partition coefficient (Wildman–Crippen LogP) is 1.67. The Morgan fingerprint density at radius 3 is 2.50 bits per heavy atom. The molecule has 8 nitrogen and oxygen atoms in total. The van der Waals surface area contributed by atoms with Crippen LogP contribution < -0.4 is 10.6 Å². The highest BCUT2D eigenvalue weighted by molar-refractivity contribution is 5.94. The van der Waals surface area contributed by atoms with Crippen LogP contribution in [-0.2, 0) is 17.9 Å². The zero-order valence-electron chi connectivity index (χ0n) is 14.2. The second-order valence-corrected chi connectivity index (χ2v) is 5.73. The number of carbonyl (C=O) groups is 2. The van der Waals surface area contributed by atoms with Gasteiger partial charge >= 0.3 is 6.03 Å². The lowest BCUT2D eigenvalue weighted by atomic mass is 10.1. The SMILES string of the molecule is Cc1ccc(-c2nnn(CC(=O)NC(=O)NCc3ccccc3)n2)cc1. The number of amides is 3. The Hall–Kier alpha value is -3.55. The molecule has 2 N–H and O–H groups in total. The second-order valence-electron chi connectivity index (χ2n) is 5.73. The Morgan fingerprint density at radius 2 is 1.77 bits per heavy atom. The number of aryl methyl sites for hydroxylation is 1. The van der Waals surface area contributed by atoms with Gasteiger partial charge in [-0.05, 0) is 17.7 Å². The molecule has 3 amide bonds. The zero-order chi connectivity index (χ0) is 18.4. The number of benzene rings is 2. The minimum atomic E-state index is -0.572. The van der Waals surface area contributed by atoms with Crippen LogP contribution in [0.5, 0.6) is 0 Å². The fourth-order valence-electron chi connectivity index (χ4n) is 2.25. The first-order valence-corrected chi connectivity index (χ1v) is 8.06. The third-order valence-electron chi connectivity index (χ3n) is 3.60. The monoisotopic (exact) mass is 350 g/mol. The van der Waals surface area contributed by atoms with Gasteiger partial charge < -0.3 is 5.32 Å². The molecule has 0 saturated heterocycles. The number of hydrogen-bond donors (Lipinski definition) is 2. The maximum absolute atomic E-state index is 11.9. The lowest BCUT2D eigenvalue weighted by molar-refractivity contribution is -0.121. The highest BCUT2D eigenvalue weighted by atomic mass is 16.2. The molecule has 1 aromatic heterocycles. The number of nitrogens with zero attached hydrogens (tertiary/aromatic N) is 4. The molecule has 0 unspecified atom stereocenters. The molecule has 0 fully saturated rings. The standard InChI is InChI=1S/C18H18N6O2/c1-13-7-9-15(10-8-13)17-21-23-24(22-17)12-16(25)20-18(26)19-11-14-5-3-2-4-6-14/h2-10H,11-12H2,1H3,(H2,19,20,25,26). The maximum Gasteiger partial charge on any atom is 0.321 e. The van der Waals surface area contributed by atoms with E-state index in [1.165, 1.54) is 0 Å². The molecule has 0 radical (unpaired) electrons. The summed E-state index contributed by atoms with van der Waals surface area (Å²) in [6, 6.07) is 16.5. The minimum Gasteiger partial charge on any atom is -0.334 e. The van der Waals surface area contributed by atoms with E-state index < -0.39 is 11.9 Å². The smallest absolute Gasteiger partial charge is 0.321 e. The number of tetrazole rings is 1. The first kappa shape index (κ1) is 17.3. The molecule has 0 spiro atoms. The number of hydrogen-bond acceptors (Lipinski definition) is 5. The molecule has 0 saturated carbocycles. The Bertz CT molecular complexity index is 890. The first-order chi connectivity index (χ1) is 12.6. The van der Waals surface area contributed by atoms with Gasteiger partial charge in [0, 0.05) is 12.1 Å². The summed E-state index contributed by atoms with van der Waals surface area (Å²) in [5.41, 5.74) is 2.88. The summed E-state index contributed by atoms with van der Waals surface area (Å²) < 4.78 is 0. The van der Waals surface area contributed by atoms with Crippen LogP contribution in [0.25, 0.3) is 11.4 Å². The van der Waals surface area contributed by atoms with Gasteiger partial charge in [0.15, 0.2) is 0 Å². The molecule has 0 atom stereocenters. The quantitative estimate of drug-likeness (QED) is 0.729. The molecule has 132 valence electrons. The molecule has 0 aliphatic heterocycles. The molecule has 0 bridgehead atoms. The highest BCUT2D eigenvalue weighted by Gasteiger charge is 2.11. The number of nitrogens with one attached hydrogen (secondary N) is 2. The van der Waals surface area contributed by atoms with Gasteiger partial charge in [0.25, 0.3) is 5.91 Å². The van der Waals surface area contributed by atoms with Crippen LogP contribution in [0.15, 0.2) is 54.6 Å². The largest absolute Gasteiger partial charge is 0.334 e. The van der Waals surface area contributed by atoms with Crippen molar-refractivity contribution in [3.63, 3.8) is 0 Å². The van der Waals surface area contributed by atoms with Crippen molar-refractivity contribution >= 4 is 11.9 Å². The summed E-state index contributed by atoms with van der Waals surface area (Å²) in [5, 5.41) is 16.8. The van der Waals surface area contributed by atoms with E-state index in [0.29, 0.717) is 12.4 Å². The third-order valence-corrected chi connectivity index (χ3v) is 3.60. The van der Waals surface area contributed by atoms with Crippen molar-refractivity contribution in [1.29, 1.82) is 0 Å². The van der Waals surface area contributed by atoms with Crippen molar-refractivity contribution in [2.75, 3.05) is 0 Å². The summed E-state index contributed by atoms with van der Waals surface area (Å²) in [6.07, 6.45) is 0. The van der Waals surface area contributed by atoms with Gasteiger partial charge in [-0.15, -0.1) is 10.2 Å². The van der Waals surface area contributed by atoms with E-state index in [0.717, 1.165) is 21.5 Å². The molecule has 0 aliphatic carbocycles. The Morgan fingerprint density at radius 1 is 1.04 bits per heavy atom. The average molecular weight is 350 g/mol. The molecule has 8 heteroatoms. The highest BCUT2D eigenvalue weighted by Crippen LogP contribution is 2.13. The van der Waals surface area contributed by atoms with E-state index in [1.54, 1.807) is 0 Å². The van der Waals surface area contributed by atoms with Gasteiger partial charge in [-0.1, -0.05) is 60.2 Å². The van der Waals surface area contributed by atoms with Gasteiger partial charge in [-0.3, -0.25) is 10.1 Å². The number of rotatable bonds is 5. The lowest BCUT2D eigenvalue weighted by Crippen LogP contribution is -2.40. The van der Waals surface area contributed by atoms with Crippen molar-refractivity contribution in [3.05, 3.63) is 65.7 Å². The third kappa shape index (κ3) is 4.73. The van der Waals surface area contributed by atoms with Gasteiger partial charge in [0.05, 0.1) is 0 Å². The fraction of sp³-hybridized carbons (Fsp3) is 0.167. The Kier molecular flexibility index (Phi) is 5.33. The van der Waals surface area contributed by atoms with Crippen LogP contribution in [0.2, 0.25) is 0 Å². The molecule has 2 aromatic carbocycles. The minimum absolute atomic E-state index is 0.197. The van der Waals surface area contributed by atoms with Gasteiger partial charge in [0.2, 0.25) is 5.82 Å². The van der Waals surface area contributed by atoms with E-state index in [2.05, 4.69) is 26.0 Å². The number of imide groups is 1. The van der Waals surface area contributed by atoms with Gasteiger partial charge in [-0.2, -0.15) is 4.80 Å². The number of carbonyl (C=O) groups excluding carboxylic acids is 2. The summed E-state index contributed by atoms with van der Waals surface area (Å²) in [5.74, 6) is -0.102. The fourth-order valence-corrected chi connectivity index (χ4v) is 2.25. The number of urea groups is 1. The van der Waals surface area contributed by atoms with Crippen LogP contribution >= 0.6 is 0 Å². The molecule has 3 aromatic rings. The first-order valence-electron chi connectivity index (χ1n) is 8.06. The maximum atomic E-state index is 11.9. The van der Waals surface area contributed by atoms with Crippen molar-refractivity contribution < 1.29 is 9.59 Å². The second kappa shape index (κ2) is 8.02. The van der Waals surface area contributed by atoms with Crippen LogP contribution in [-0.4, -0.2) is 32.1 Å². The molecule has 26 heavy (non-hydrogen) atoms. The molecule has 0 aliphatic rings. The van der Waals surface area contributed by atoms with Crippen molar-refractivity contribution in [3.8, 4) is 11.4 Å². The topological polar surface area (TPSA) is 102 Å². The van der Waals surface area contributed by atoms with E-state index in [4.69, 9.17) is 0 Å². The van der Waals surface area contributed by atoms with Gasteiger partial charge in [-0.25, -0.2) is 4.79 Å². The summed E-state index contributed by atoms with van der Waals surface area (Å²) in [6.45, 7) is 2.12. The van der Waals surface area contributed by atoms with Crippen LogP contribution in [0.4, 0.5) is 4.79 Å². The summed E-state index contributed by atoms with van der Waals surface area (Å²) in [4.78, 5) is 24.8. The van der Waals surface area contributed by atoms with E-state index in [1.807, 2.05) is 61.5 Å². The molecule has 1 heterocycles. The molecular weight excluding hydrogens is 332 g/mol. The van der Waals surface area contributed by atoms with E-state index in [9.17, 15) is 9.59 Å². The van der Waals surface area contributed by atoms with Crippen LogP contribution in [0.3, 0.4) is 0 Å². The Labute approximate surface area is 150 Å². The summed E-state index contributed by atoms with van der Waals surface area (Å²) in [7, 11) is 0.